The van der Waals surface area contributed by atoms with E-state index in [0.29, 0.717) is 0 Å². The average molecular weight is 276 g/mol. The predicted octanol–water partition coefficient (Wildman–Crippen LogP) is 1.76. The Kier molecular flexibility index (Phi) is 4.43. The molecule has 1 aliphatic carbocycles. The Balaban J connectivity index is 1.45. The van der Waals surface area contributed by atoms with E-state index in [4.69, 9.17) is 9.47 Å². The fourth-order valence-electron chi connectivity index (χ4n) is 2.94. The second-order valence-electron chi connectivity index (χ2n) is 5.67. The molecule has 1 saturated heterocycles. The molecular weight excluding hydrogens is 252 g/mol. The van der Waals surface area contributed by atoms with Crippen LogP contribution in [-0.2, 0) is 0 Å². The van der Waals surface area contributed by atoms with Crippen molar-refractivity contribution in [2.45, 2.75) is 18.9 Å². The van der Waals surface area contributed by atoms with Gasteiger partial charge in [-0.05, 0) is 43.0 Å². The van der Waals surface area contributed by atoms with Crippen molar-refractivity contribution in [3.8, 4) is 11.5 Å². The molecule has 4 nitrogen and oxygen atoms in total. The van der Waals surface area contributed by atoms with Gasteiger partial charge in [0, 0.05) is 32.2 Å². The first-order valence-electron chi connectivity index (χ1n) is 7.58. The molecule has 20 heavy (non-hydrogen) atoms. The van der Waals surface area contributed by atoms with Crippen LogP contribution in [0.2, 0.25) is 0 Å². The van der Waals surface area contributed by atoms with Crippen LogP contribution in [0.15, 0.2) is 24.3 Å². The van der Waals surface area contributed by atoms with Crippen molar-refractivity contribution in [3.63, 3.8) is 0 Å². The van der Waals surface area contributed by atoms with Crippen LogP contribution in [0, 0.1) is 5.92 Å². The Hall–Kier alpha value is -1.26. The van der Waals surface area contributed by atoms with Gasteiger partial charge in [0.05, 0.1) is 7.11 Å². The topological polar surface area (TPSA) is 33.7 Å². The summed E-state index contributed by atoms with van der Waals surface area (Å²) in [6.07, 6.45) is 2.81. The summed E-state index contributed by atoms with van der Waals surface area (Å²) in [5.41, 5.74) is 0. The highest BCUT2D eigenvalue weighted by Gasteiger charge is 2.36. The largest absolute Gasteiger partial charge is 0.497 e. The zero-order valence-electron chi connectivity index (χ0n) is 12.2. The number of hydrogen-bond donors (Lipinski definition) is 1. The first kappa shape index (κ1) is 13.7. The summed E-state index contributed by atoms with van der Waals surface area (Å²) in [6, 6.07) is 8.53. The summed E-state index contributed by atoms with van der Waals surface area (Å²) in [7, 11) is 1.68. The molecular formula is C16H24N2O2. The van der Waals surface area contributed by atoms with Crippen molar-refractivity contribution in [1.29, 1.82) is 0 Å². The lowest BCUT2D eigenvalue weighted by molar-refractivity contribution is 0.120. The fourth-order valence-corrected chi connectivity index (χ4v) is 2.94. The summed E-state index contributed by atoms with van der Waals surface area (Å²) in [4.78, 5) is 2.59. The molecule has 1 N–H and O–H groups in total. The fraction of sp³-hybridized carbons (Fsp3) is 0.625. The van der Waals surface area contributed by atoms with Crippen LogP contribution in [0.25, 0.3) is 0 Å². The lowest BCUT2D eigenvalue weighted by Crippen LogP contribution is -2.53. The lowest BCUT2D eigenvalue weighted by atomic mass is 10.1. The van der Waals surface area contributed by atoms with Gasteiger partial charge < -0.3 is 14.8 Å². The van der Waals surface area contributed by atoms with Crippen LogP contribution in [0.4, 0.5) is 0 Å². The van der Waals surface area contributed by atoms with Crippen molar-refractivity contribution in [3.05, 3.63) is 24.3 Å². The first-order chi connectivity index (χ1) is 9.86. The Morgan fingerprint density at radius 1 is 1.20 bits per heavy atom. The summed E-state index contributed by atoms with van der Waals surface area (Å²) in [5, 5.41) is 3.51. The van der Waals surface area contributed by atoms with E-state index in [2.05, 4.69) is 10.2 Å². The molecule has 1 heterocycles. The van der Waals surface area contributed by atoms with Gasteiger partial charge in [0.15, 0.2) is 0 Å². The normalized spacial score (nSPS) is 23.6. The molecule has 4 heteroatoms. The highest BCUT2D eigenvalue weighted by atomic mass is 16.5. The van der Waals surface area contributed by atoms with Gasteiger partial charge in [-0.1, -0.05) is 0 Å². The molecule has 2 fully saturated rings. The second-order valence-corrected chi connectivity index (χ2v) is 5.67. The molecule has 1 aromatic rings. The van der Waals surface area contributed by atoms with E-state index in [1.807, 2.05) is 24.3 Å². The van der Waals surface area contributed by atoms with Crippen molar-refractivity contribution in [2.75, 3.05) is 39.9 Å². The second kappa shape index (κ2) is 6.46. The number of nitrogens with zero attached hydrogens (tertiary/aromatic N) is 1. The number of rotatable bonds is 6. The van der Waals surface area contributed by atoms with Crippen molar-refractivity contribution >= 4 is 0 Å². The quantitative estimate of drug-likeness (QED) is 0.858. The lowest BCUT2D eigenvalue weighted by Gasteiger charge is -2.36. The maximum Gasteiger partial charge on any atom is 0.119 e. The molecule has 2 aliphatic rings. The van der Waals surface area contributed by atoms with Crippen LogP contribution in [0.1, 0.15) is 12.8 Å². The standard InChI is InChI=1S/C16H24N2O2/c1-19-14-4-6-15(7-5-14)20-11-10-18-9-8-17-12-16(18)13-2-3-13/h4-7,13,16-17H,2-3,8-12H2,1H3. The van der Waals surface area contributed by atoms with Crippen LogP contribution in [0.3, 0.4) is 0 Å². The molecule has 0 spiro atoms. The van der Waals surface area contributed by atoms with Gasteiger partial charge in [0.25, 0.3) is 0 Å². The Labute approximate surface area is 121 Å². The number of piperazine rings is 1. The number of hydrogen-bond acceptors (Lipinski definition) is 4. The third-order valence-electron chi connectivity index (χ3n) is 4.27. The molecule has 1 aliphatic heterocycles. The third kappa shape index (κ3) is 3.44. The summed E-state index contributed by atoms with van der Waals surface area (Å²) in [6.45, 7) is 5.18. The van der Waals surface area contributed by atoms with Gasteiger partial charge >= 0.3 is 0 Å². The van der Waals surface area contributed by atoms with Crippen LogP contribution < -0.4 is 14.8 Å². The number of ether oxygens (including phenoxy) is 2. The Morgan fingerprint density at radius 3 is 2.65 bits per heavy atom. The van der Waals surface area contributed by atoms with Gasteiger partial charge in [-0.15, -0.1) is 0 Å². The minimum Gasteiger partial charge on any atom is -0.497 e. The zero-order valence-corrected chi connectivity index (χ0v) is 12.2. The molecule has 0 amide bonds. The molecule has 0 aromatic heterocycles. The molecule has 0 bridgehead atoms. The Bertz CT molecular complexity index is 417. The van der Waals surface area contributed by atoms with Crippen LogP contribution >= 0.6 is 0 Å². The maximum atomic E-state index is 5.84. The molecule has 110 valence electrons. The highest BCUT2D eigenvalue weighted by molar-refractivity contribution is 5.31. The van der Waals surface area contributed by atoms with E-state index in [1.54, 1.807) is 7.11 Å². The van der Waals surface area contributed by atoms with E-state index in [1.165, 1.54) is 12.8 Å². The SMILES string of the molecule is COc1ccc(OCCN2CCNCC2C2CC2)cc1. The third-order valence-corrected chi connectivity index (χ3v) is 4.27. The monoisotopic (exact) mass is 276 g/mol. The van der Waals surface area contributed by atoms with E-state index < -0.39 is 0 Å². The van der Waals surface area contributed by atoms with E-state index in [9.17, 15) is 0 Å². The minimum atomic E-state index is 0.725. The van der Waals surface area contributed by atoms with Gasteiger partial charge in [-0.25, -0.2) is 0 Å². The smallest absolute Gasteiger partial charge is 0.119 e. The summed E-state index contributed by atoms with van der Waals surface area (Å²) in [5.74, 6) is 2.71. The van der Waals surface area contributed by atoms with Gasteiger partial charge in [0.2, 0.25) is 0 Å². The van der Waals surface area contributed by atoms with Crippen molar-refractivity contribution in [1.82, 2.24) is 10.2 Å². The van der Waals surface area contributed by atoms with Crippen molar-refractivity contribution in [2.24, 2.45) is 5.92 Å². The molecule has 1 unspecified atom stereocenters. The average Bonchev–Trinajstić information content (AvgIpc) is 3.33. The van der Waals surface area contributed by atoms with Gasteiger partial charge in [0.1, 0.15) is 18.1 Å². The number of methoxy groups -OCH3 is 1. The number of benzene rings is 1. The van der Waals surface area contributed by atoms with E-state index in [0.717, 1.165) is 56.2 Å². The molecule has 1 aromatic carbocycles. The maximum absolute atomic E-state index is 5.84. The van der Waals surface area contributed by atoms with Gasteiger partial charge in [-0.2, -0.15) is 0 Å². The zero-order chi connectivity index (χ0) is 13.8. The Morgan fingerprint density at radius 2 is 1.95 bits per heavy atom. The highest BCUT2D eigenvalue weighted by Crippen LogP contribution is 2.35. The summed E-state index contributed by atoms with van der Waals surface area (Å²) < 4.78 is 11.0. The van der Waals surface area contributed by atoms with E-state index >= 15 is 0 Å². The van der Waals surface area contributed by atoms with Crippen LogP contribution in [0.5, 0.6) is 11.5 Å². The first-order valence-corrected chi connectivity index (χ1v) is 7.58. The minimum absolute atomic E-state index is 0.725. The van der Waals surface area contributed by atoms with E-state index in [-0.39, 0.29) is 0 Å². The van der Waals surface area contributed by atoms with Gasteiger partial charge in [-0.3, -0.25) is 4.90 Å². The molecule has 3 rings (SSSR count). The molecule has 0 radical (unpaired) electrons. The molecule has 1 atom stereocenters. The van der Waals surface area contributed by atoms with Crippen molar-refractivity contribution < 1.29 is 9.47 Å². The predicted molar refractivity (Wildman–Crippen MR) is 79.4 cm³/mol. The molecule has 1 saturated carbocycles. The summed E-state index contributed by atoms with van der Waals surface area (Å²) >= 11 is 0. The number of nitrogens with one attached hydrogen (secondary N) is 1. The van der Waals surface area contributed by atoms with Crippen LogP contribution in [-0.4, -0.2) is 50.8 Å².